The lowest BCUT2D eigenvalue weighted by Crippen LogP contribution is -2.11. The number of benzene rings is 1. The van der Waals surface area contributed by atoms with Gasteiger partial charge in [-0.2, -0.15) is 0 Å². The van der Waals surface area contributed by atoms with Crippen molar-refractivity contribution in [3.05, 3.63) is 40.5 Å². The van der Waals surface area contributed by atoms with Crippen molar-refractivity contribution in [1.29, 1.82) is 0 Å². The molecule has 0 atom stereocenters. The molecule has 0 bridgehead atoms. The van der Waals surface area contributed by atoms with E-state index in [1.165, 1.54) is 0 Å². The molecule has 1 heterocycles. The minimum Gasteiger partial charge on any atom is -0.330 e. The molecule has 72 valence electrons. The van der Waals surface area contributed by atoms with E-state index in [0.29, 0.717) is 11.4 Å². The molecule has 0 aromatic heterocycles. The molecule has 1 aromatic carbocycles. The van der Waals surface area contributed by atoms with Crippen LogP contribution in [0.25, 0.3) is 6.08 Å². The maximum Gasteiger partial charge on any atom is 0.224 e. The molecule has 1 aliphatic heterocycles. The normalized spacial score (nSPS) is 18.6. The summed E-state index contributed by atoms with van der Waals surface area (Å²) in [6, 6.07) is 7.56. The Morgan fingerprint density at radius 2 is 2.21 bits per heavy atom. The van der Waals surface area contributed by atoms with E-state index >= 15 is 0 Å². The Morgan fingerprint density at radius 3 is 2.86 bits per heavy atom. The second-order valence-corrected chi connectivity index (χ2v) is 3.71. The molecule has 0 radical (unpaired) electrons. The van der Waals surface area contributed by atoms with Crippen LogP contribution in [0.1, 0.15) is 18.4 Å². The van der Waals surface area contributed by atoms with Gasteiger partial charge >= 0.3 is 0 Å². The summed E-state index contributed by atoms with van der Waals surface area (Å²) in [4.78, 5) is 10.9. The predicted octanol–water partition coefficient (Wildman–Crippen LogP) is 2.59. The van der Waals surface area contributed by atoms with Gasteiger partial charge in [0, 0.05) is 17.1 Å². The molecule has 0 aliphatic carbocycles. The number of hydrogen-bond acceptors (Lipinski definition) is 1. The summed E-state index contributed by atoms with van der Waals surface area (Å²) in [5.74, 6) is 0.0956. The lowest BCUT2D eigenvalue weighted by atomic mass is 10.2. The van der Waals surface area contributed by atoms with E-state index in [1.807, 2.05) is 30.3 Å². The Balaban J connectivity index is 2.21. The van der Waals surface area contributed by atoms with Crippen LogP contribution >= 0.6 is 11.6 Å². The van der Waals surface area contributed by atoms with Gasteiger partial charge in [-0.15, -0.1) is 0 Å². The summed E-state index contributed by atoms with van der Waals surface area (Å²) in [5, 5.41) is 3.51. The van der Waals surface area contributed by atoms with Crippen LogP contribution in [0.4, 0.5) is 0 Å². The van der Waals surface area contributed by atoms with Crippen LogP contribution < -0.4 is 5.32 Å². The van der Waals surface area contributed by atoms with Crippen molar-refractivity contribution in [2.75, 3.05) is 0 Å². The standard InChI is InChI=1S/C11H10ClNO/c12-9-3-1-2-8(6-9)7-10-4-5-11(14)13-10/h1-3,6-7H,4-5H2,(H,13,14)/b10-7-. The highest BCUT2D eigenvalue weighted by molar-refractivity contribution is 6.30. The summed E-state index contributed by atoms with van der Waals surface area (Å²) in [7, 11) is 0. The van der Waals surface area contributed by atoms with Gasteiger partial charge in [0.1, 0.15) is 0 Å². The van der Waals surface area contributed by atoms with Crippen LogP contribution in [0.5, 0.6) is 0 Å². The summed E-state index contributed by atoms with van der Waals surface area (Å²) < 4.78 is 0. The predicted molar refractivity (Wildman–Crippen MR) is 56.8 cm³/mol. The average Bonchev–Trinajstić information content (AvgIpc) is 2.51. The summed E-state index contributed by atoms with van der Waals surface area (Å²) in [6.07, 6.45) is 3.34. The highest BCUT2D eigenvalue weighted by atomic mass is 35.5. The molecule has 1 aromatic rings. The highest BCUT2D eigenvalue weighted by Crippen LogP contribution is 2.17. The number of nitrogens with one attached hydrogen (secondary N) is 1. The topological polar surface area (TPSA) is 29.1 Å². The fourth-order valence-electron chi connectivity index (χ4n) is 1.46. The molecular weight excluding hydrogens is 198 g/mol. The van der Waals surface area contributed by atoms with Gasteiger partial charge in [-0.05, 0) is 30.2 Å². The zero-order chi connectivity index (χ0) is 9.97. The van der Waals surface area contributed by atoms with Gasteiger partial charge in [-0.25, -0.2) is 0 Å². The Morgan fingerprint density at radius 1 is 1.36 bits per heavy atom. The van der Waals surface area contributed by atoms with Crippen LogP contribution in [-0.2, 0) is 4.79 Å². The van der Waals surface area contributed by atoms with Gasteiger partial charge in [-0.1, -0.05) is 23.7 Å². The van der Waals surface area contributed by atoms with Crippen molar-refractivity contribution >= 4 is 23.6 Å². The number of hydrogen-bond donors (Lipinski definition) is 1. The van der Waals surface area contributed by atoms with Crippen LogP contribution in [0.15, 0.2) is 30.0 Å². The van der Waals surface area contributed by atoms with E-state index in [9.17, 15) is 4.79 Å². The molecule has 1 N–H and O–H groups in total. The minimum atomic E-state index is 0.0956. The van der Waals surface area contributed by atoms with Crippen molar-refractivity contribution in [3.63, 3.8) is 0 Å². The smallest absolute Gasteiger partial charge is 0.224 e. The maximum absolute atomic E-state index is 10.9. The molecule has 3 heteroatoms. The average molecular weight is 208 g/mol. The van der Waals surface area contributed by atoms with E-state index in [-0.39, 0.29) is 5.91 Å². The number of amides is 1. The van der Waals surface area contributed by atoms with Gasteiger partial charge in [0.05, 0.1) is 0 Å². The van der Waals surface area contributed by atoms with Crippen LogP contribution in [0, 0.1) is 0 Å². The molecule has 0 spiro atoms. The second-order valence-electron chi connectivity index (χ2n) is 3.27. The van der Waals surface area contributed by atoms with Gasteiger partial charge in [-0.3, -0.25) is 4.79 Å². The third-order valence-corrected chi connectivity index (χ3v) is 2.35. The van der Waals surface area contributed by atoms with Gasteiger partial charge in [0.15, 0.2) is 0 Å². The molecule has 2 rings (SSSR count). The first-order chi connectivity index (χ1) is 6.74. The molecule has 1 amide bonds. The van der Waals surface area contributed by atoms with Crippen LogP contribution in [0.2, 0.25) is 5.02 Å². The summed E-state index contributed by atoms with van der Waals surface area (Å²) in [6.45, 7) is 0. The Labute approximate surface area is 87.6 Å². The van der Waals surface area contributed by atoms with Crippen LogP contribution in [-0.4, -0.2) is 5.91 Å². The Hall–Kier alpha value is -1.28. The number of halogens is 1. The Bertz CT molecular complexity index is 398. The van der Waals surface area contributed by atoms with Crippen molar-refractivity contribution in [1.82, 2.24) is 5.32 Å². The second kappa shape index (κ2) is 3.84. The number of carbonyl (C=O) groups is 1. The van der Waals surface area contributed by atoms with E-state index in [4.69, 9.17) is 11.6 Å². The lowest BCUT2D eigenvalue weighted by Gasteiger charge is -1.98. The first-order valence-electron chi connectivity index (χ1n) is 4.50. The summed E-state index contributed by atoms with van der Waals surface area (Å²) in [5.41, 5.74) is 1.99. The molecule has 1 aliphatic rings. The van der Waals surface area contributed by atoms with E-state index in [0.717, 1.165) is 17.7 Å². The monoisotopic (exact) mass is 207 g/mol. The third-order valence-electron chi connectivity index (χ3n) is 2.11. The molecule has 1 fully saturated rings. The largest absolute Gasteiger partial charge is 0.330 e. The molecule has 0 saturated carbocycles. The third kappa shape index (κ3) is 2.15. The van der Waals surface area contributed by atoms with Gasteiger partial charge < -0.3 is 5.32 Å². The molecule has 14 heavy (non-hydrogen) atoms. The van der Waals surface area contributed by atoms with E-state index < -0.39 is 0 Å². The summed E-state index contributed by atoms with van der Waals surface area (Å²) >= 11 is 5.84. The fourth-order valence-corrected chi connectivity index (χ4v) is 1.66. The van der Waals surface area contributed by atoms with E-state index in [1.54, 1.807) is 0 Å². The first kappa shape index (κ1) is 9.28. The number of allylic oxidation sites excluding steroid dienone is 1. The fraction of sp³-hybridized carbons (Fsp3) is 0.182. The molecule has 1 saturated heterocycles. The van der Waals surface area contributed by atoms with Crippen molar-refractivity contribution in [3.8, 4) is 0 Å². The zero-order valence-corrected chi connectivity index (χ0v) is 8.34. The number of rotatable bonds is 1. The van der Waals surface area contributed by atoms with Crippen molar-refractivity contribution in [2.45, 2.75) is 12.8 Å². The maximum atomic E-state index is 10.9. The molecule has 2 nitrogen and oxygen atoms in total. The highest BCUT2D eigenvalue weighted by Gasteiger charge is 2.13. The van der Waals surface area contributed by atoms with Crippen molar-refractivity contribution < 1.29 is 4.79 Å². The van der Waals surface area contributed by atoms with Gasteiger partial charge in [0.2, 0.25) is 5.91 Å². The SMILES string of the molecule is O=C1CC/C(=C/c2cccc(Cl)c2)N1. The minimum absolute atomic E-state index is 0.0956. The Kier molecular flexibility index (Phi) is 2.55. The van der Waals surface area contributed by atoms with Gasteiger partial charge in [0.25, 0.3) is 0 Å². The van der Waals surface area contributed by atoms with Crippen LogP contribution in [0.3, 0.4) is 0 Å². The first-order valence-corrected chi connectivity index (χ1v) is 4.88. The molecule has 0 unspecified atom stereocenters. The number of carbonyl (C=O) groups excluding carboxylic acids is 1. The molecular formula is C11H10ClNO. The zero-order valence-electron chi connectivity index (χ0n) is 7.59. The quantitative estimate of drug-likeness (QED) is 0.754. The lowest BCUT2D eigenvalue weighted by molar-refractivity contribution is -0.118. The van der Waals surface area contributed by atoms with E-state index in [2.05, 4.69) is 5.32 Å². The van der Waals surface area contributed by atoms with Crippen molar-refractivity contribution in [2.24, 2.45) is 0 Å².